The second-order valence-electron chi connectivity index (χ2n) is 8.95. The second kappa shape index (κ2) is 11.6. The monoisotopic (exact) mass is 492 g/mol. The smallest absolute Gasteiger partial charge is 0.339 e. The molecule has 1 amide bonds. The summed E-state index contributed by atoms with van der Waals surface area (Å²) >= 11 is 0. The molecule has 3 heterocycles. The van der Waals surface area contributed by atoms with Crippen LogP contribution >= 0.6 is 0 Å². The Kier molecular flexibility index (Phi) is 7.62. The Hall–Kier alpha value is -4.36. The maximum absolute atomic E-state index is 13.3. The molecular formula is C30H28N4O3. The molecule has 0 N–H and O–H groups in total. The summed E-state index contributed by atoms with van der Waals surface area (Å²) in [5, 5.41) is 0. The van der Waals surface area contributed by atoms with E-state index in [1.807, 2.05) is 41.3 Å². The number of hydrogen-bond donors (Lipinski definition) is 0. The Bertz CT molecular complexity index is 1260. The van der Waals surface area contributed by atoms with Gasteiger partial charge in [0.15, 0.2) is 0 Å². The van der Waals surface area contributed by atoms with E-state index in [9.17, 15) is 9.59 Å². The molecule has 0 bridgehead atoms. The molecule has 0 aliphatic carbocycles. The van der Waals surface area contributed by atoms with Gasteiger partial charge in [-0.25, -0.2) is 4.79 Å². The molecule has 0 radical (unpaired) electrons. The molecule has 1 saturated heterocycles. The second-order valence-corrected chi connectivity index (χ2v) is 8.95. The van der Waals surface area contributed by atoms with Gasteiger partial charge in [0, 0.05) is 44.4 Å². The van der Waals surface area contributed by atoms with Gasteiger partial charge < -0.3 is 9.64 Å². The van der Waals surface area contributed by atoms with Crippen LogP contribution in [0.4, 0.5) is 0 Å². The normalized spacial score (nSPS) is 15.9. The van der Waals surface area contributed by atoms with Crippen molar-refractivity contribution in [1.82, 2.24) is 19.8 Å². The highest BCUT2D eigenvalue weighted by molar-refractivity contribution is 5.94. The Labute approximate surface area is 216 Å². The SMILES string of the molecule is O=C(OCC1CN(C(=O)c2cccnc2)CCN1C(c1ccccc1)c1ccccc1)c1cccnc1. The van der Waals surface area contributed by atoms with Crippen LogP contribution in [-0.2, 0) is 4.74 Å². The maximum Gasteiger partial charge on any atom is 0.339 e. The molecular weight excluding hydrogens is 464 g/mol. The Morgan fingerprint density at radius 2 is 1.38 bits per heavy atom. The van der Waals surface area contributed by atoms with Gasteiger partial charge in [0.25, 0.3) is 5.91 Å². The lowest BCUT2D eigenvalue weighted by Gasteiger charge is -2.45. The number of carbonyl (C=O) groups is 2. The highest BCUT2D eigenvalue weighted by atomic mass is 16.5. The number of rotatable bonds is 7. The third-order valence-corrected chi connectivity index (χ3v) is 6.59. The lowest BCUT2D eigenvalue weighted by atomic mass is 9.94. The number of hydrogen-bond acceptors (Lipinski definition) is 6. The van der Waals surface area contributed by atoms with Crippen LogP contribution in [0.3, 0.4) is 0 Å². The molecule has 5 rings (SSSR count). The summed E-state index contributed by atoms with van der Waals surface area (Å²) in [6.45, 7) is 1.73. The van der Waals surface area contributed by atoms with Crippen LogP contribution in [0.15, 0.2) is 110 Å². The number of nitrogens with zero attached hydrogens (tertiary/aromatic N) is 4. The van der Waals surface area contributed by atoms with Gasteiger partial charge in [0.05, 0.1) is 23.2 Å². The van der Waals surface area contributed by atoms with Crippen LogP contribution in [0.2, 0.25) is 0 Å². The number of pyridine rings is 2. The van der Waals surface area contributed by atoms with E-state index in [1.54, 1.807) is 42.9 Å². The first-order valence-electron chi connectivity index (χ1n) is 12.3. The van der Waals surface area contributed by atoms with Crippen LogP contribution in [0.1, 0.15) is 37.9 Å². The lowest BCUT2D eigenvalue weighted by molar-refractivity contribution is 0.00266. The molecule has 4 aromatic rings. The number of ether oxygens (including phenoxy) is 1. The standard InChI is InChI=1S/C30H28N4O3/c35-29(25-13-7-15-31-19-25)33-17-18-34(27(21-33)22-37-30(36)26-14-8-16-32-20-26)28(23-9-3-1-4-10-23)24-11-5-2-6-12-24/h1-16,19-20,27-28H,17-18,21-22H2. The van der Waals surface area contributed by atoms with Gasteiger partial charge in [0.1, 0.15) is 6.61 Å². The number of amides is 1. The summed E-state index contributed by atoms with van der Waals surface area (Å²) in [6.07, 6.45) is 6.35. The lowest BCUT2D eigenvalue weighted by Crippen LogP contribution is -2.57. The van der Waals surface area contributed by atoms with E-state index in [0.717, 1.165) is 11.1 Å². The fourth-order valence-corrected chi connectivity index (χ4v) is 4.80. The largest absolute Gasteiger partial charge is 0.460 e. The van der Waals surface area contributed by atoms with Crippen LogP contribution in [0, 0.1) is 0 Å². The fourth-order valence-electron chi connectivity index (χ4n) is 4.80. The average molecular weight is 493 g/mol. The number of piperazine rings is 1. The molecule has 7 heteroatoms. The number of benzene rings is 2. The molecule has 186 valence electrons. The maximum atomic E-state index is 13.3. The van der Waals surface area contributed by atoms with Crippen LogP contribution < -0.4 is 0 Å². The summed E-state index contributed by atoms with van der Waals surface area (Å²) in [5.41, 5.74) is 3.23. The molecule has 0 spiro atoms. The first-order chi connectivity index (χ1) is 18.2. The highest BCUT2D eigenvalue weighted by Gasteiger charge is 2.36. The molecule has 37 heavy (non-hydrogen) atoms. The predicted molar refractivity (Wildman–Crippen MR) is 140 cm³/mol. The Morgan fingerprint density at radius 3 is 1.95 bits per heavy atom. The van der Waals surface area contributed by atoms with Crippen molar-refractivity contribution in [2.24, 2.45) is 0 Å². The summed E-state index contributed by atoms with van der Waals surface area (Å²) in [6, 6.07) is 27.2. The molecule has 7 nitrogen and oxygen atoms in total. The zero-order valence-electron chi connectivity index (χ0n) is 20.4. The molecule has 0 saturated carbocycles. The van der Waals surface area contributed by atoms with Crippen LogP contribution in [-0.4, -0.2) is 63.9 Å². The van der Waals surface area contributed by atoms with Gasteiger partial charge in [-0.05, 0) is 35.4 Å². The Morgan fingerprint density at radius 1 is 0.784 bits per heavy atom. The van der Waals surface area contributed by atoms with Crippen LogP contribution in [0.25, 0.3) is 0 Å². The third kappa shape index (κ3) is 5.73. The van der Waals surface area contributed by atoms with Crippen molar-refractivity contribution >= 4 is 11.9 Å². The summed E-state index contributed by atoms with van der Waals surface area (Å²) in [4.78, 5) is 38.3. The molecule has 1 atom stereocenters. The van der Waals surface area contributed by atoms with Crippen molar-refractivity contribution < 1.29 is 14.3 Å². The van der Waals surface area contributed by atoms with Crippen molar-refractivity contribution in [2.75, 3.05) is 26.2 Å². The molecule has 2 aromatic carbocycles. The topological polar surface area (TPSA) is 75.6 Å². The minimum absolute atomic E-state index is 0.0554. The minimum atomic E-state index is -0.431. The van der Waals surface area contributed by atoms with E-state index in [0.29, 0.717) is 30.8 Å². The van der Waals surface area contributed by atoms with Crippen LogP contribution in [0.5, 0.6) is 0 Å². The highest BCUT2D eigenvalue weighted by Crippen LogP contribution is 2.32. The minimum Gasteiger partial charge on any atom is -0.460 e. The van der Waals surface area contributed by atoms with E-state index in [1.165, 1.54) is 6.20 Å². The van der Waals surface area contributed by atoms with E-state index in [4.69, 9.17) is 4.74 Å². The molecule has 1 fully saturated rings. The van der Waals surface area contributed by atoms with Crippen molar-refractivity contribution in [3.63, 3.8) is 0 Å². The average Bonchev–Trinajstić information content (AvgIpc) is 2.98. The van der Waals surface area contributed by atoms with Crippen molar-refractivity contribution in [1.29, 1.82) is 0 Å². The van der Waals surface area contributed by atoms with Gasteiger partial charge in [-0.1, -0.05) is 60.7 Å². The summed E-state index contributed by atoms with van der Waals surface area (Å²) < 4.78 is 5.78. The van der Waals surface area contributed by atoms with Crippen molar-refractivity contribution in [3.8, 4) is 0 Å². The summed E-state index contributed by atoms with van der Waals surface area (Å²) in [7, 11) is 0. The van der Waals surface area contributed by atoms with E-state index in [2.05, 4.69) is 39.1 Å². The van der Waals surface area contributed by atoms with E-state index < -0.39 is 5.97 Å². The van der Waals surface area contributed by atoms with Gasteiger partial charge in [-0.3, -0.25) is 19.7 Å². The first kappa shape index (κ1) is 24.3. The molecule has 1 unspecified atom stereocenters. The van der Waals surface area contributed by atoms with Gasteiger partial charge in [0.2, 0.25) is 0 Å². The Balaban J connectivity index is 1.44. The molecule has 1 aliphatic rings. The summed E-state index contributed by atoms with van der Waals surface area (Å²) in [5.74, 6) is -0.507. The fraction of sp³-hybridized carbons (Fsp3) is 0.200. The quantitative estimate of drug-likeness (QED) is 0.359. The van der Waals surface area contributed by atoms with Crippen molar-refractivity contribution in [3.05, 3.63) is 132 Å². The van der Waals surface area contributed by atoms with E-state index >= 15 is 0 Å². The van der Waals surface area contributed by atoms with Gasteiger partial charge >= 0.3 is 5.97 Å². The zero-order chi connectivity index (χ0) is 25.5. The van der Waals surface area contributed by atoms with Crippen molar-refractivity contribution in [2.45, 2.75) is 12.1 Å². The first-order valence-corrected chi connectivity index (χ1v) is 12.3. The zero-order valence-corrected chi connectivity index (χ0v) is 20.4. The van der Waals surface area contributed by atoms with Gasteiger partial charge in [-0.2, -0.15) is 0 Å². The number of esters is 1. The molecule has 1 aliphatic heterocycles. The van der Waals surface area contributed by atoms with E-state index in [-0.39, 0.29) is 24.6 Å². The molecule has 2 aromatic heterocycles. The van der Waals surface area contributed by atoms with Gasteiger partial charge in [-0.15, -0.1) is 0 Å². The number of carbonyl (C=O) groups excluding carboxylic acids is 2. The third-order valence-electron chi connectivity index (χ3n) is 6.59. The predicted octanol–water partition coefficient (Wildman–Crippen LogP) is 4.25. The number of aromatic nitrogens is 2.